The summed E-state index contributed by atoms with van der Waals surface area (Å²) in [7, 11) is 0. The van der Waals surface area contributed by atoms with Crippen molar-refractivity contribution in [1.29, 1.82) is 0 Å². The number of carbonyl (C=O) groups excluding carboxylic acids is 1. The zero-order valence-electron chi connectivity index (χ0n) is 18.0. The topological polar surface area (TPSA) is 39.2 Å². The highest BCUT2D eigenvalue weighted by molar-refractivity contribution is 6.54. The molecule has 6 heteroatoms. The number of rotatable bonds is 4. The molecule has 2 aliphatic rings. The first-order valence-electron chi connectivity index (χ1n) is 10.9. The molecule has 1 amide bonds. The van der Waals surface area contributed by atoms with E-state index in [4.69, 9.17) is 4.99 Å². The highest BCUT2D eigenvalue weighted by Gasteiger charge is 2.35. The Morgan fingerprint density at radius 3 is 2.25 bits per heavy atom. The lowest BCUT2D eigenvalue weighted by molar-refractivity contribution is -0.112. The third-order valence-electron chi connectivity index (χ3n) is 6.15. The summed E-state index contributed by atoms with van der Waals surface area (Å²) in [5.41, 5.74) is 4.73. The molecule has 0 bridgehead atoms. The number of hydrogen-bond acceptors (Lipinski definition) is 4. The van der Waals surface area contributed by atoms with E-state index in [9.17, 15) is 9.18 Å². The molecule has 0 aromatic heterocycles. The predicted octanol–water partition coefficient (Wildman–Crippen LogP) is 4.38. The van der Waals surface area contributed by atoms with Crippen LogP contribution in [0.5, 0.6) is 0 Å². The molecule has 0 saturated carbocycles. The number of aliphatic imine (C=N–C) groups is 1. The van der Waals surface area contributed by atoms with Gasteiger partial charge in [-0.05, 0) is 36.8 Å². The highest BCUT2D eigenvalue weighted by Crippen LogP contribution is 2.32. The van der Waals surface area contributed by atoms with Crippen molar-refractivity contribution in [1.82, 2.24) is 4.90 Å². The van der Waals surface area contributed by atoms with Crippen LogP contribution in [0.1, 0.15) is 11.1 Å². The number of carbonyl (C=O) groups is 1. The summed E-state index contributed by atoms with van der Waals surface area (Å²) in [6.07, 6.45) is 0. The largest absolute Gasteiger partial charge is 0.367 e. The second kappa shape index (κ2) is 8.55. The Hall–Kier alpha value is -3.51. The summed E-state index contributed by atoms with van der Waals surface area (Å²) in [5, 5.41) is 0. The SMILES string of the molecule is Cc1ccccc1N=C1C(=O)N(CN2CCN(c3ccccc3F)CC2)c2ccccc21. The van der Waals surface area contributed by atoms with E-state index >= 15 is 0 Å². The number of nitrogens with zero attached hydrogens (tertiary/aromatic N) is 4. The Morgan fingerprint density at radius 1 is 0.844 bits per heavy atom. The van der Waals surface area contributed by atoms with Gasteiger partial charge < -0.3 is 4.90 Å². The fourth-order valence-electron chi connectivity index (χ4n) is 4.36. The number of halogens is 1. The van der Waals surface area contributed by atoms with E-state index in [1.165, 1.54) is 6.07 Å². The van der Waals surface area contributed by atoms with Crippen molar-refractivity contribution in [3.63, 3.8) is 0 Å². The van der Waals surface area contributed by atoms with Gasteiger partial charge in [-0.1, -0.05) is 48.5 Å². The number of amides is 1. The van der Waals surface area contributed by atoms with Crippen LogP contribution in [0.15, 0.2) is 77.8 Å². The zero-order valence-corrected chi connectivity index (χ0v) is 18.0. The van der Waals surface area contributed by atoms with Gasteiger partial charge in [-0.3, -0.25) is 14.6 Å². The van der Waals surface area contributed by atoms with Gasteiger partial charge in [-0.15, -0.1) is 0 Å². The maximum absolute atomic E-state index is 14.1. The third-order valence-corrected chi connectivity index (χ3v) is 6.15. The van der Waals surface area contributed by atoms with Gasteiger partial charge >= 0.3 is 0 Å². The van der Waals surface area contributed by atoms with Gasteiger partial charge in [-0.2, -0.15) is 0 Å². The van der Waals surface area contributed by atoms with E-state index in [-0.39, 0.29) is 11.7 Å². The zero-order chi connectivity index (χ0) is 22.1. The van der Waals surface area contributed by atoms with Gasteiger partial charge in [0.25, 0.3) is 5.91 Å². The van der Waals surface area contributed by atoms with Crippen molar-refractivity contribution >= 4 is 28.7 Å². The van der Waals surface area contributed by atoms with Gasteiger partial charge in [0.15, 0.2) is 0 Å². The normalized spacial score (nSPS) is 17.8. The number of aryl methyl sites for hydroxylation is 1. The first-order chi connectivity index (χ1) is 15.6. The first-order valence-corrected chi connectivity index (χ1v) is 10.9. The highest BCUT2D eigenvalue weighted by atomic mass is 19.1. The minimum absolute atomic E-state index is 0.0778. The molecule has 2 aliphatic heterocycles. The molecule has 0 aliphatic carbocycles. The van der Waals surface area contributed by atoms with Crippen LogP contribution < -0.4 is 9.80 Å². The number of fused-ring (bicyclic) bond motifs is 1. The molecule has 0 spiro atoms. The molecule has 32 heavy (non-hydrogen) atoms. The van der Waals surface area contributed by atoms with Gasteiger partial charge in [0.05, 0.1) is 23.7 Å². The van der Waals surface area contributed by atoms with E-state index in [0.29, 0.717) is 18.1 Å². The van der Waals surface area contributed by atoms with Crippen molar-refractivity contribution in [3.8, 4) is 0 Å². The van der Waals surface area contributed by atoms with Gasteiger partial charge in [0.2, 0.25) is 0 Å². The summed E-state index contributed by atoms with van der Waals surface area (Å²) in [4.78, 5) is 24.2. The molecule has 2 heterocycles. The minimum atomic E-state index is -0.193. The van der Waals surface area contributed by atoms with Crippen LogP contribution >= 0.6 is 0 Å². The lowest BCUT2D eigenvalue weighted by atomic mass is 10.1. The number of para-hydroxylation sites is 3. The van der Waals surface area contributed by atoms with Crippen LogP contribution in [0, 0.1) is 12.7 Å². The third kappa shape index (κ3) is 3.78. The molecule has 3 aromatic rings. The molecule has 0 atom stereocenters. The smallest absolute Gasteiger partial charge is 0.278 e. The molecule has 5 rings (SSSR count). The Balaban J connectivity index is 1.34. The average molecular weight is 429 g/mol. The molecule has 1 fully saturated rings. The van der Waals surface area contributed by atoms with Crippen LogP contribution in [0.4, 0.5) is 21.5 Å². The molecule has 5 nitrogen and oxygen atoms in total. The van der Waals surface area contributed by atoms with E-state index in [0.717, 1.165) is 48.7 Å². The molecule has 0 radical (unpaired) electrons. The van der Waals surface area contributed by atoms with Crippen LogP contribution in [-0.2, 0) is 4.79 Å². The average Bonchev–Trinajstić information content (AvgIpc) is 3.07. The second-order valence-corrected chi connectivity index (χ2v) is 8.20. The van der Waals surface area contributed by atoms with Crippen LogP contribution in [0.25, 0.3) is 0 Å². The lowest BCUT2D eigenvalue weighted by Gasteiger charge is -2.37. The van der Waals surface area contributed by atoms with Crippen LogP contribution in [0.3, 0.4) is 0 Å². The van der Waals surface area contributed by atoms with Crippen molar-refractivity contribution in [3.05, 3.63) is 89.7 Å². The van der Waals surface area contributed by atoms with Crippen molar-refractivity contribution in [2.24, 2.45) is 4.99 Å². The minimum Gasteiger partial charge on any atom is -0.367 e. The number of piperazine rings is 1. The molecule has 162 valence electrons. The molecule has 3 aromatic carbocycles. The monoisotopic (exact) mass is 428 g/mol. The summed E-state index contributed by atoms with van der Waals surface area (Å²) < 4.78 is 14.1. The van der Waals surface area contributed by atoms with E-state index in [1.54, 1.807) is 6.07 Å². The summed E-state index contributed by atoms with van der Waals surface area (Å²) >= 11 is 0. The lowest BCUT2D eigenvalue weighted by Crippen LogP contribution is -2.51. The van der Waals surface area contributed by atoms with Crippen LogP contribution in [0.2, 0.25) is 0 Å². The van der Waals surface area contributed by atoms with Gasteiger partial charge in [0.1, 0.15) is 11.5 Å². The number of anilines is 2. The van der Waals surface area contributed by atoms with E-state index in [2.05, 4.69) is 9.80 Å². The van der Waals surface area contributed by atoms with Crippen molar-refractivity contribution in [2.75, 3.05) is 42.6 Å². The van der Waals surface area contributed by atoms with Crippen LogP contribution in [-0.4, -0.2) is 49.4 Å². The summed E-state index contributed by atoms with van der Waals surface area (Å²) in [6, 6.07) is 22.5. The fraction of sp³-hybridized carbons (Fsp3) is 0.231. The Labute approximate surface area is 187 Å². The number of benzene rings is 3. The van der Waals surface area contributed by atoms with E-state index in [1.807, 2.05) is 72.5 Å². The number of hydrogen-bond donors (Lipinski definition) is 0. The second-order valence-electron chi connectivity index (χ2n) is 8.20. The Bertz CT molecular complexity index is 1180. The maximum Gasteiger partial charge on any atom is 0.278 e. The first kappa shape index (κ1) is 20.4. The van der Waals surface area contributed by atoms with Gasteiger partial charge in [0, 0.05) is 31.7 Å². The summed E-state index contributed by atoms with van der Waals surface area (Å²) in [5.74, 6) is -0.271. The molecular formula is C26H25FN4O. The quantitative estimate of drug-likeness (QED) is 0.619. The summed E-state index contributed by atoms with van der Waals surface area (Å²) in [6.45, 7) is 5.43. The molecule has 0 unspecified atom stereocenters. The van der Waals surface area contributed by atoms with E-state index < -0.39 is 0 Å². The van der Waals surface area contributed by atoms with Gasteiger partial charge in [-0.25, -0.2) is 9.38 Å². The Kier molecular flexibility index (Phi) is 5.45. The standard InChI is InChI=1S/C26H25FN4O/c1-19-8-2-5-11-22(19)28-25-20-9-3-6-12-23(20)31(26(25)32)18-29-14-16-30(17-15-29)24-13-7-4-10-21(24)27/h2-13H,14-18H2,1H3. The maximum atomic E-state index is 14.1. The molecular weight excluding hydrogens is 403 g/mol. The fourth-order valence-corrected chi connectivity index (χ4v) is 4.36. The predicted molar refractivity (Wildman–Crippen MR) is 126 cm³/mol. The molecule has 1 saturated heterocycles. The van der Waals surface area contributed by atoms with Crippen molar-refractivity contribution < 1.29 is 9.18 Å². The van der Waals surface area contributed by atoms with Crippen molar-refractivity contribution in [2.45, 2.75) is 6.92 Å². The Morgan fingerprint density at radius 2 is 1.50 bits per heavy atom. The molecule has 0 N–H and O–H groups in total.